The van der Waals surface area contributed by atoms with Crippen molar-refractivity contribution in [2.24, 2.45) is 0 Å². The SMILES string of the molecule is CNC(=O)c1ccccc1C(=O)[O-].[Na+]. The van der Waals surface area contributed by atoms with E-state index in [4.69, 9.17) is 0 Å². The van der Waals surface area contributed by atoms with Crippen LogP contribution in [0.3, 0.4) is 0 Å². The van der Waals surface area contributed by atoms with Crippen LogP contribution in [0.4, 0.5) is 0 Å². The molecule has 1 aromatic carbocycles. The minimum atomic E-state index is -1.35. The molecule has 14 heavy (non-hydrogen) atoms. The molecule has 0 unspecified atom stereocenters. The molecule has 0 radical (unpaired) electrons. The van der Waals surface area contributed by atoms with E-state index in [1.807, 2.05) is 0 Å². The Bertz CT molecular complexity index is 352. The van der Waals surface area contributed by atoms with Gasteiger partial charge in [0.15, 0.2) is 0 Å². The van der Waals surface area contributed by atoms with Crippen LogP contribution >= 0.6 is 0 Å². The fourth-order valence-electron chi connectivity index (χ4n) is 0.994. The number of aromatic carboxylic acids is 1. The van der Waals surface area contributed by atoms with Gasteiger partial charge in [0, 0.05) is 18.2 Å². The van der Waals surface area contributed by atoms with Gasteiger partial charge >= 0.3 is 29.6 Å². The first-order valence-corrected chi connectivity index (χ1v) is 3.69. The molecule has 0 bridgehead atoms. The van der Waals surface area contributed by atoms with Gasteiger partial charge in [-0.05, 0) is 6.07 Å². The smallest absolute Gasteiger partial charge is 0.545 e. The number of rotatable bonds is 2. The first-order chi connectivity index (χ1) is 6.16. The zero-order chi connectivity index (χ0) is 9.84. The number of nitrogens with one attached hydrogen (secondary N) is 1. The third-order valence-electron chi connectivity index (χ3n) is 1.62. The van der Waals surface area contributed by atoms with Crippen LogP contribution in [0.15, 0.2) is 24.3 Å². The maximum absolute atomic E-state index is 11.1. The van der Waals surface area contributed by atoms with Gasteiger partial charge in [-0.25, -0.2) is 0 Å². The predicted octanol–water partition coefficient (Wildman–Crippen LogP) is -3.59. The van der Waals surface area contributed by atoms with Crippen molar-refractivity contribution in [3.05, 3.63) is 35.4 Å². The summed E-state index contributed by atoms with van der Waals surface area (Å²) in [5.74, 6) is -1.78. The van der Waals surface area contributed by atoms with Crippen molar-refractivity contribution < 1.29 is 44.3 Å². The number of carbonyl (C=O) groups is 2. The van der Waals surface area contributed by atoms with Crippen LogP contribution in [0, 0.1) is 0 Å². The van der Waals surface area contributed by atoms with Gasteiger partial charge in [-0.2, -0.15) is 0 Å². The normalized spacial score (nSPS) is 8.64. The van der Waals surface area contributed by atoms with Crippen molar-refractivity contribution in [3.63, 3.8) is 0 Å². The van der Waals surface area contributed by atoms with Gasteiger partial charge in [-0.1, -0.05) is 18.2 Å². The van der Waals surface area contributed by atoms with Crippen molar-refractivity contribution in [2.45, 2.75) is 0 Å². The summed E-state index contributed by atoms with van der Waals surface area (Å²) >= 11 is 0. The Balaban J connectivity index is 0.00000169. The number of carboxylic acids is 1. The Morgan fingerprint density at radius 3 is 2.14 bits per heavy atom. The van der Waals surface area contributed by atoms with Crippen LogP contribution in [0.1, 0.15) is 20.7 Å². The van der Waals surface area contributed by atoms with E-state index in [-0.39, 0.29) is 40.7 Å². The molecular weight excluding hydrogens is 193 g/mol. The molecule has 1 amide bonds. The molecule has 1 rings (SSSR count). The maximum Gasteiger partial charge on any atom is 1.00 e. The van der Waals surface area contributed by atoms with E-state index in [9.17, 15) is 14.7 Å². The molecule has 0 fully saturated rings. The molecule has 1 aromatic rings. The largest absolute Gasteiger partial charge is 1.00 e. The fourth-order valence-corrected chi connectivity index (χ4v) is 0.994. The molecular formula is C9H8NNaO3. The minimum Gasteiger partial charge on any atom is -0.545 e. The summed E-state index contributed by atoms with van der Waals surface area (Å²) in [5.41, 5.74) is 0.0202. The standard InChI is InChI=1S/C9H9NO3.Na/c1-10-8(11)6-4-2-3-5-7(6)9(12)13;/h2-5H,1H3,(H,10,11)(H,12,13);/q;+1/p-1. The number of carboxylic acid groups (broad SMARTS) is 1. The molecule has 0 saturated heterocycles. The first-order valence-electron chi connectivity index (χ1n) is 3.69. The topological polar surface area (TPSA) is 69.2 Å². The number of hydrogen-bond acceptors (Lipinski definition) is 3. The number of carbonyl (C=O) groups excluding carboxylic acids is 2. The van der Waals surface area contributed by atoms with Gasteiger partial charge in [-0.15, -0.1) is 0 Å². The Morgan fingerprint density at radius 2 is 1.71 bits per heavy atom. The van der Waals surface area contributed by atoms with Crippen LogP contribution in [0.25, 0.3) is 0 Å². The monoisotopic (exact) mass is 201 g/mol. The van der Waals surface area contributed by atoms with Gasteiger partial charge < -0.3 is 15.2 Å². The zero-order valence-corrected chi connectivity index (χ0v) is 10.0. The molecule has 4 nitrogen and oxygen atoms in total. The molecule has 0 spiro atoms. The summed E-state index contributed by atoms with van der Waals surface area (Å²) in [6.45, 7) is 0. The molecule has 0 saturated carbocycles. The molecule has 0 aliphatic rings. The van der Waals surface area contributed by atoms with Crippen molar-refractivity contribution in [1.82, 2.24) is 5.32 Å². The van der Waals surface area contributed by atoms with E-state index in [1.165, 1.54) is 25.2 Å². The third-order valence-corrected chi connectivity index (χ3v) is 1.62. The molecule has 0 heterocycles. The predicted molar refractivity (Wildman–Crippen MR) is 44.2 cm³/mol. The van der Waals surface area contributed by atoms with Gasteiger partial charge in [0.1, 0.15) is 0 Å². The van der Waals surface area contributed by atoms with Gasteiger partial charge in [0.25, 0.3) is 5.91 Å². The van der Waals surface area contributed by atoms with E-state index in [0.29, 0.717) is 0 Å². The Morgan fingerprint density at radius 1 is 1.21 bits per heavy atom. The third kappa shape index (κ3) is 2.83. The summed E-state index contributed by atoms with van der Waals surface area (Å²) in [5, 5.41) is 12.9. The quantitative estimate of drug-likeness (QED) is 0.503. The van der Waals surface area contributed by atoms with E-state index in [0.717, 1.165) is 0 Å². The molecule has 0 aliphatic carbocycles. The second-order valence-electron chi connectivity index (χ2n) is 2.41. The van der Waals surface area contributed by atoms with Crippen LogP contribution in [0.2, 0.25) is 0 Å². The number of amides is 1. The Kier molecular flexibility index (Phi) is 5.45. The fraction of sp³-hybridized carbons (Fsp3) is 0.111. The molecule has 0 aromatic heterocycles. The van der Waals surface area contributed by atoms with Crippen molar-refractivity contribution >= 4 is 11.9 Å². The average Bonchev–Trinajstić information content (AvgIpc) is 2.16. The van der Waals surface area contributed by atoms with Gasteiger partial charge in [0.2, 0.25) is 0 Å². The second-order valence-corrected chi connectivity index (χ2v) is 2.41. The Labute approximate surface area is 104 Å². The minimum absolute atomic E-state index is 0. The van der Waals surface area contributed by atoms with Gasteiger partial charge in [0.05, 0.1) is 5.97 Å². The van der Waals surface area contributed by atoms with Crippen LogP contribution in [-0.2, 0) is 0 Å². The van der Waals surface area contributed by atoms with E-state index < -0.39 is 11.9 Å². The van der Waals surface area contributed by atoms with Gasteiger partial charge in [-0.3, -0.25) is 4.79 Å². The summed E-state index contributed by atoms with van der Waals surface area (Å²) in [4.78, 5) is 21.7. The van der Waals surface area contributed by atoms with Crippen LogP contribution in [-0.4, -0.2) is 18.9 Å². The molecule has 0 atom stereocenters. The van der Waals surface area contributed by atoms with Crippen molar-refractivity contribution in [3.8, 4) is 0 Å². The molecule has 0 aliphatic heterocycles. The van der Waals surface area contributed by atoms with Crippen LogP contribution < -0.4 is 40.0 Å². The Hall–Kier alpha value is -0.840. The van der Waals surface area contributed by atoms with Crippen LogP contribution in [0.5, 0.6) is 0 Å². The zero-order valence-electron chi connectivity index (χ0n) is 8.03. The molecule has 68 valence electrons. The average molecular weight is 201 g/mol. The summed E-state index contributed by atoms with van der Waals surface area (Å²) < 4.78 is 0. The first kappa shape index (κ1) is 13.2. The molecule has 5 heteroatoms. The molecule has 1 N–H and O–H groups in total. The summed E-state index contributed by atoms with van der Waals surface area (Å²) in [6.07, 6.45) is 0. The van der Waals surface area contributed by atoms with Crippen molar-refractivity contribution in [1.29, 1.82) is 0 Å². The maximum atomic E-state index is 11.1. The number of benzene rings is 1. The second kappa shape index (κ2) is 5.80. The number of hydrogen-bond donors (Lipinski definition) is 1. The summed E-state index contributed by atoms with van der Waals surface area (Å²) in [7, 11) is 1.44. The van der Waals surface area contributed by atoms with Crippen molar-refractivity contribution in [2.75, 3.05) is 7.05 Å². The van der Waals surface area contributed by atoms with E-state index in [2.05, 4.69) is 5.32 Å². The van der Waals surface area contributed by atoms with E-state index in [1.54, 1.807) is 6.07 Å². The van der Waals surface area contributed by atoms with E-state index >= 15 is 0 Å². The summed E-state index contributed by atoms with van der Waals surface area (Å²) in [6, 6.07) is 5.90.